The van der Waals surface area contributed by atoms with E-state index < -0.39 is 0 Å². The molecule has 2 unspecified atom stereocenters. The van der Waals surface area contributed by atoms with Crippen LogP contribution in [0.3, 0.4) is 0 Å². The number of epoxide rings is 1. The molecule has 0 N–H and O–H groups in total. The smallest absolute Gasteiger partial charge is 0.0977 e. The predicted molar refractivity (Wildman–Crippen MR) is 90.9 cm³/mol. The van der Waals surface area contributed by atoms with Gasteiger partial charge in [-0.15, -0.1) is 0 Å². The fraction of sp³-hybridized carbons (Fsp3) is 0.700. The summed E-state index contributed by atoms with van der Waals surface area (Å²) in [6.07, 6.45) is 12.3. The Kier molecular flexibility index (Phi) is 4.61. The van der Waals surface area contributed by atoms with Gasteiger partial charge in [-0.3, -0.25) is 0 Å². The van der Waals surface area contributed by atoms with Gasteiger partial charge in [0, 0.05) is 0 Å². The van der Waals surface area contributed by atoms with Gasteiger partial charge >= 0.3 is 0 Å². The molecule has 1 saturated heterocycles. The van der Waals surface area contributed by atoms with E-state index in [0.717, 1.165) is 45.1 Å². The maximum absolute atomic E-state index is 5.99. The van der Waals surface area contributed by atoms with Crippen LogP contribution >= 0.6 is 0 Å². The van der Waals surface area contributed by atoms with Gasteiger partial charge in [-0.2, -0.15) is 0 Å². The van der Waals surface area contributed by atoms with Crippen LogP contribution < -0.4 is 0 Å². The molecule has 2 heterocycles. The van der Waals surface area contributed by atoms with Gasteiger partial charge in [0.05, 0.1) is 24.4 Å². The summed E-state index contributed by atoms with van der Waals surface area (Å²) >= 11 is 0. The molecule has 122 valence electrons. The van der Waals surface area contributed by atoms with Gasteiger partial charge in [-0.1, -0.05) is 23.3 Å². The number of ether oxygens (including phenoxy) is 2. The third-order valence-electron chi connectivity index (χ3n) is 5.57. The molecule has 1 fully saturated rings. The van der Waals surface area contributed by atoms with Gasteiger partial charge in [-0.05, 0) is 77.4 Å². The Morgan fingerprint density at radius 3 is 2.73 bits per heavy atom. The maximum atomic E-state index is 5.99. The van der Waals surface area contributed by atoms with E-state index in [2.05, 4.69) is 39.8 Å². The lowest BCUT2D eigenvalue weighted by atomic mass is 9.93. The lowest BCUT2D eigenvalue weighted by molar-refractivity contribution is 0.150. The monoisotopic (exact) mass is 302 g/mol. The highest BCUT2D eigenvalue weighted by Gasteiger charge is 2.50. The SMILES string of the molecule is CC1=C2CC/C(C)=C/CCC3(C)OC3CC/C(C)=C/[C@@H]2OC1. The van der Waals surface area contributed by atoms with Gasteiger partial charge in [0.2, 0.25) is 0 Å². The van der Waals surface area contributed by atoms with Crippen molar-refractivity contribution in [2.24, 2.45) is 0 Å². The normalized spacial score (nSPS) is 41.6. The summed E-state index contributed by atoms with van der Waals surface area (Å²) in [6.45, 7) is 9.81. The van der Waals surface area contributed by atoms with Crippen molar-refractivity contribution in [2.45, 2.75) is 84.0 Å². The van der Waals surface area contributed by atoms with Crippen molar-refractivity contribution in [1.29, 1.82) is 0 Å². The maximum Gasteiger partial charge on any atom is 0.0977 e. The molecule has 0 aromatic heterocycles. The summed E-state index contributed by atoms with van der Waals surface area (Å²) in [5.74, 6) is 0. The Hall–Kier alpha value is -0.860. The molecule has 0 bridgehead atoms. The topological polar surface area (TPSA) is 21.8 Å². The molecule has 22 heavy (non-hydrogen) atoms. The number of fused-ring (bicyclic) bond motifs is 2. The highest BCUT2D eigenvalue weighted by molar-refractivity contribution is 5.29. The van der Waals surface area contributed by atoms with Crippen molar-refractivity contribution < 1.29 is 9.47 Å². The van der Waals surface area contributed by atoms with E-state index in [-0.39, 0.29) is 11.7 Å². The first-order chi connectivity index (χ1) is 10.5. The molecule has 0 saturated carbocycles. The van der Waals surface area contributed by atoms with Crippen molar-refractivity contribution in [1.82, 2.24) is 0 Å². The van der Waals surface area contributed by atoms with Gasteiger partial charge in [0.1, 0.15) is 0 Å². The third kappa shape index (κ3) is 3.55. The van der Waals surface area contributed by atoms with Crippen LogP contribution in [0.5, 0.6) is 0 Å². The summed E-state index contributed by atoms with van der Waals surface area (Å²) in [7, 11) is 0. The van der Waals surface area contributed by atoms with Crippen molar-refractivity contribution in [3.63, 3.8) is 0 Å². The second-order valence-electron chi connectivity index (χ2n) is 7.60. The molecule has 3 aliphatic rings. The largest absolute Gasteiger partial charge is 0.366 e. The molecule has 0 aromatic rings. The molecular formula is C20H30O2. The Morgan fingerprint density at radius 1 is 1.09 bits per heavy atom. The molecule has 3 atom stereocenters. The number of hydrogen-bond acceptors (Lipinski definition) is 2. The number of hydrogen-bond donors (Lipinski definition) is 0. The second-order valence-corrected chi connectivity index (χ2v) is 7.60. The summed E-state index contributed by atoms with van der Waals surface area (Å²) in [5.41, 5.74) is 6.03. The van der Waals surface area contributed by atoms with Crippen LogP contribution in [0, 0.1) is 0 Å². The fourth-order valence-corrected chi connectivity index (χ4v) is 3.77. The minimum Gasteiger partial charge on any atom is -0.366 e. The number of rotatable bonds is 0. The summed E-state index contributed by atoms with van der Waals surface area (Å²) in [4.78, 5) is 0. The lowest BCUT2D eigenvalue weighted by Crippen LogP contribution is -2.11. The molecule has 0 spiro atoms. The third-order valence-corrected chi connectivity index (χ3v) is 5.57. The highest BCUT2D eigenvalue weighted by Crippen LogP contribution is 2.43. The Morgan fingerprint density at radius 2 is 1.91 bits per heavy atom. The second kappa shape index (κ2) is 6.33. The zero-order chi connectivity index (χ0) is 15.7. The van der Waals surface area contributed by atoms with Gasteiger partial charge in [-0.25, -0.2) is 0 Å². The highest BCUT2D eigenvalue weighted by atomic mass is 16.6. The summed E-state index contributed by atoms with van der Waals surface area (Å²) in [5, 5.41) is 0. The van der Waals surface area contributed by atoms with E-state index in [1.165, 1.54) is 22.3 Å². The Labute approximate surface area is 135 Å². The molecule has 0 amide bonds. The van der Waals surface area contributed by atoms with Gasteiger partial charge in [0.15, 0.2) is 0 Å². The molecular weight excluding hydrogens is 272 g/mol. The Balaban J connectivity index is 1.76. The Bertz CT molecular complexity index is 526. The first-order valence-corrected chi connectivity index (χ1v) is 8.79. The molecule has 2 aliphatic heterocycles. The van der Waals surface area contributed by atoms with Crippen LogP contribution in [0.4, 0.5) is 0 Å². The molecule has 3 rings (SSSR count). The van der Waals surface area contributed by atoms with Crippen molar-refractivity contribution in [3.8, 4) is 0 Å². The first kappa shape index (κ1) is 16.0. The van der Waals surface area contributed by atoms with Gasteiger partial charge < -0.3 is 9.47 Å². The zero-order valence-corrected chi connectivity index (χ0v) is 14.6. The van der Waals surface area contributed by atoms with Crippen LogP contribution in [-0.4, -0.2) is 24.4 Å². The molecule has 0 aromatic carbocycles. The zero-order valence-electron chi connectivity index (χ0n) is 14.6. The van der Waals surface area contributed by atoms with Crippen molar-refractivity contribution in [2.75, 3.05) is 6.61 Å². The summed E-state index contributed by atoms with van der Waals surface area (Å²) in [6, 6.07) is 0. The minimum atomic E-state index is 0.132. The molecule has 1 aliphatic carbocycles. The van der Waals surface area contributed by atoms with E-state index in [0.29, 0.717) is 6.10 Å². The molecule has 2 heteroatoms. The van der Waals surface area contributed by atoms with Crippen LogP contribution in [0.15, 0.2) is 34.4 Å². The van der Waals surface area contributed by atoms with E-state index in [1.807, 2.05) is 0 Å². The van der Waals surface area contributed by atoms with Gasteiger partial charge in [0.25, 0.3) is 0 Å². The summed E-state index contributed by atoms with van der Waals surface area (Å²) < 4.78 is 12.0. The van der Waals surface area contributed by atoms with E-state index in [1.54, 1.807) is 0 Å². The van der Waals surface area contributed by atoms with E-state index >= 15 is 0 Å². The van der Waals surface area contributed by atoms with E-state index in [4.69, 9.17) is 9.47 Å². The molecule has 0 radical (unpaired) electrons. The quantitative estimate of drug-likeness (QED) is 0.458. The predicted octanol–water partition coefficient (Wildman–Crippen LogP) is 5.11. The first-order valence-electron chi connectivity index (χ1n) is 8.79. The number of allylic oxidation sites excluding steroid dienone is 3. The van der Waals surface area contributed by atoms with Crippen LogP contribution in [0.1, 0.15) is 66.2 Å². The average molecular weight is 302 g/mol. The standard InChI is InChI=1S/C20H30O2/c1-14-6-5-11-20(4)19(22-20)10-8-15(2)12-18-17(9-7-14)16(3)13-21-18/h6,12,18-19H,5,7-11,13H2,1-4H3/b14-6+,15-12+/t18-,19?,20?/m0/s1. The minimum absolute atomic E-state index is 0.132. The fourth-order valence-electron chi connectivity index (χ4n) is 3.77. The average Bonchev–Trinajstić information content (AvgIpc) is 2.98. The van der Waals surface area contributed by atoms with Crippen molar-refractivity contribution in [3.05, 3.63) is 34.4 Å². The molecule has 2 nitrogen and oxygen atoms in total. The van der Waals surface area contributed by atoms with Crippen LogP contribution in [0.25, 0.3) is 0 Å². The van der Waals surface area contributed by atoms with Crippen molar-refractivity contribution >= 4 is 0 Å². The van der Waals surface area contributed by atoms with E-state index in [9.17, 15) is 0 Å². The van der Waals surface area contributed by atoms with Crippen LogP contribution in [-0.2, 0) is 9.47 Å². The lowest BCUT2D eigenvalue weighted by Gasteiger charge is -2.14. The van der Waals surface area contributed by atoms with Crippen LogP contribution in [0.2, 0.25) is 0 Å².